The SMILES string of the molecule is NC(Cc1ccccc1)c1nnc(-c2ccccc2Cl)o1. The van der Waals surface area contributed by atoms with Crippen molar-refractivity contribution >= 4 is 11.6 Å². The van der Waals surface area contributed by atoms with Gasteiger partial charge in [-0.05, 0) is 24.1 Å². The molecule has 2 aromatic carbocycles. The Bertz CT molecular complexity index is 727. The third-order valence-electron chi connectivity index (χ3n) is 3.16. The summed E-state index contributed by atoms with van der Waals surface area (Å²) >= 11 is 6.12. The van der Waals surface area contributed by atoms with Crippen LogP contribution in [0.3, 0.4) is 0 Å². The zero-order chi connectivity index (χ0) is 14.7. The van der Waals surface area contributed by atoms with Crippen LogP contribution in [0.25, 0.3) is 11.5 Å². The van der Waals surface area contributed by atoms with Crippen LogP contribution in [-0.2, 0) is 6.42 Å². The first-order valence-corrected chi connectivity index (χ1v) is 6.99. The van der Waals surface area contributed by atoms with Crippen molar-refractivity contribution in [2.45, 2.75) is 12.5 Å². The maximum atomic E-state index is 6.13. The third kappa shape index (κ3) is 3.12. The molecular weight excluding hydrogens is 286 g/mol. The summed E-state index contributed by atoms with van der Waals surface area (Å²) in [5.74, 6) is 0.799. The average molecular weight is 300 g/mol. The van der Waals surface area contributed by atoms with E-state index in [2.05, 4.69) is 10.2 Å². The molecule has 0 radical (unpaired) electrons. The van der Waals surface area contributed by atoms with Crippen molar-refractivity contribution < 1.29 is 4.42 Å². The summed E-state index contributed by atoms with van der Waals surface area (Å²) in [7, 11) is 0. The fourth-order valence-electron chi connectivity index (χ4n) is 2.08. The minimum atomic E-state index is -0.337. The Morgan fingerprint density at radius 3 is 2.48 bits per heavy atom. The van der Waals surface area contributed by atoms with Crippen molar-refractivity contribution in [3.8, 4) is 11.5 Å². The van der Waals surface area contributed by atoms with E-state index in [4.69, 9.17) is 21.8 Å². The fourth-order valence-corrected chi connectivity index (χ4v) is 2.30. The molecule has 0 saturated heterocycles. The van der Waals surface area contributed by atoms with Gasteiger partial charge < -0.3 is 10.2 Å². The van der Waals surface area contributed by atoms with Crippen LogP contribution < -0.4 is 5.73 Å². The highest BCUT2D eigenvalue weighted by atomic mass is 35.5. The lowest BCUT2D eigenvalue weighted by Crippen LogP contribution is -2.13. The summed E-state index contributed by atoms with van der Waals surface area (Å²) in [6.45, 7) is 0. The van der Waals surface area contributed by atoms with Crippen LogP contribution >= 0.6 is 11.6 Å². The van der Waals surface area contributed by atoms with Gasteiger partial charge in [-0.1, -0.05) is 54.1 Å². The summed E-state index contributed by atoms with van der Waals surface area (Å²) in [5, 5.41) is 8.63. The molecule has 3 aromatic rings. The van der Waals surface area contributed by atoms with Gasteiger partial charge in [0.25, 0.3) is 0 Å². The van der Waals surface area contributed by atoms with E-state index in [1.807, 2.05) is 48.5 Å². The second-order valence-corrected chi connectivity index (χ2v) is 5.13. The number of hydrogen-bond donors (Lipinski definition) is 1. The largest absolute Gasteiger partial charge is 0.419 e. The molecule has 1 unspecified atom stereocenters. The molecular formula is C16H14ClN3O. The normalized spacial score (nSPS) is 12.3. The lowest BCUT2D eigenvalue weighted by atomic mass is 10.1. The molecule has 106 valence electrons. The number of benzene rings is 2. The van der Waals surface area contributed by atoms with Gasteiger partial charge >= 0.3 is 0 Å². The van der Waals surface area contributed by atoms with Gasteiger partial charge in [-0.15, -0.1) is 10.2 Å². The van der Waals surface area contributed by atoms with Gasteiger partial charge in [0, 0.05) is 0 Å². The summed E-state index contributed by atoms with van der Waals surface area (Å²) < 4.78 is 5.65. The first-order chi connectivity index (χ1) is 10.2. The van der Waals surface area contributed by atoms with Crippen molar-refractivity contribution in [3.63, 3.8) is 0 Å². The zero-order valence-electron chi connectivity index (χ0n) is 11.2. The van der Waals surface area contributed by atoms with Gasteiger partial charge in [0.2, 0.25) is 11.8 Å². The highest BCUT2D eigenvalue weighted by Crippen LogP contribution is 2.27. The van der Waals surface area contributed by atoms with Crippen molar-refractivity contribution in [1.29, 1.82) is 0 Å². The van der Waals surface area contributed by atoms with Crippen molar-refractivity contribution in [2.24, 2.45) is 5.73 Å². The third-order valence-corrected chi connectivity index (χ3v) is 3.49. The molecule has 2 N–H and O–H groups in total. The monoisotopic (exact) mass is 299 g/mol. The van der Waals surface area contributed by atoms with Crippen LogP contribution in [0.15, 0.2) is 59.0 Å². The molecule has 0 aliphatic carbocycles. The predicted octanol–water partition coefficient (Wildman–Crippen LogP) is 3.63. The molecule has 0 aliphatic rings. The molecule has 0 saturated carbocycles. The maximum Gasteiger partial charge on any atom is 0.249 e. The van der Waals surface area contributed by atoms with E-state index in [1.165, 1.54) is 0 Å². The molecule has 1 aromatic heterocycles. The molecule has 3 rings (SSSR count). The standard InChI is InChI=1S/C16H14ClN3O/c17-13-9-5-4-8-12(13)15-19-20-16(21-15)14(18)10-11-6-2-1-3-7-11/h1-9,14H,10,18H2. The number of aromatic nitrogens is 2. The van der Waals surface area contributed by atoms with E-state index in [9.17, 15) is 0 Å². The number of nitrogens with two attached hydrogens (primary N) is 1. The minimum Gasteiger partial charge on any atom is -0.419 e. The molecule has 21 heavy (non-hydrogen) atoms. The molecule has 0 fully saturated rings. The van der Waals surface area contributed by atoms with Crippen LogP contribution in [0.1, 0.15) is 17.5 Å². The van der Waals surface area contributed by atoms with Crippen LogP contribution in [0.5, 0.6) is 0 Å². The summed E-state index contributed by atoms with van der Waals surface area (Å²) in [6, 6.07) is 17.0. The van der Waals surface area contributed by atoms with Crippen molar-refractivity contribution in [3.05, 3.63) is 71.1 Å². The molecule has 0 spiro atoms. The van der Waals surface area contributed by atoms with Gasteiger partial charge in [0.05, 0.1) is 16.6 Å². The fraction of sp³-hybridized carbons (Fsp3) is 0.125. The molecule has 0 bridgehead atoms. The van der Waals surface area contributed by atoms with Gasteiger partial charge in [0.1, 0.15) is 0 Å². The second kappa shape index (κ2) is 6.08. The van der Waals surface area contributed by atoms with Gasteiger partial charge in [-0.25, -0.2) is 0 Å². The van der Waals surface area contributed by atoms with Crippen LogP contribution in [0.4, 0.5) is 0 Å². The van der Waals surface area contributed by atoms with E-state index < -0.39 is 0 Å². The molecule has 0 aliphatic heterocycles. The summed E-state index contributed by atoms with van der Waals surface area (Å²) in [4.78, 5) is 0. The van der Waals surface area contributed by atoms with Crippen LogP contribution in [0, 0.1) is 0 Å². The minimum absolute atomic E-state index is 0.337. The van der Waals surface area contributed by atoms with Gasteiger partial charge in [0.15, 0.2) is 0 Å². The Morgan fingerprint density at radius 2 is 1.71 bits per heavy atom. The highest BCUT2D eigenvalue weighted by molar-refractivity contribution is 6.33. The van der Waals surface area contributed by atoms with E-state index in [-0.39, 0.29) is 6.04 Å². The number of halogens is 1. The van der Waals surface area contributed by atoms with Gasteiger partial charge in [-0.2, -0.15) is 0 Å². The number of nitrogens with zero attached hydrogens (tertiary/aromatic N) is 2. The first-order valence-electron chi connectivity index (χ1n) is 6.62. The zero-order valence-corrected chi connectivity index (χ0v) is 12.0. The topological polar surface area (TPSA) is 64.9 Å². The number of hydrogen-bond acceptors (Lipinski definition) is 4. The van der Waals surface area contributed by atoms with E-state index >= 15 is 0 Å². The lowest BCUT2D eigenvalue weighted by Gasteiger charge is -2.06. The molecule has 4 nitrogen and oxygen atoms in total. The Kier molecular flexibility index (Phi) is 3.99. The Balaban J connectivity index is 1.80. The van der Waals surface area contributed by atoms with Crippen molar-refractivity contribution in [2.75, 3.05) is 0 Å². The molecule has 0 amide bonds. The molecule has 1 heterocycles. The highest BCUT2D eigenvalue weighted by Gasteiger charge is 2.17. The quantitative estimate of drug-likeness (QED) is 0.799. The average Bonchev–Trinajstić information content (AvgIpc) is 2.98. The van der Waals surface area contributed by atoms with Crippen LogP contribution in [-0.4, -0.2) is 10.2 Å². The Morgan fingerprint density at radius 1 is 1.00 bits per heavy atom. The predicted molar refractivity (Wildman–Crippen MR) is 81.8 cm³/mol. The molecule has 5 heteroatoms. The maximum absolute atomic E-state index is 6.13. The van der Waals surface area contributed by atoms with E-state index in [0.717, 1.165) is 5.56 Å². The smallest absolute Gasteiger partial charge is 0.249 e. The van der Waals surface area contributed by atoms with Gasteiger partial charge in [-0.3, -0.25) is 0 Å². The Labute approximate surface area is 127 Å². The van der Waals surface area contributed by atoms with E-state index in [1.54, 1.807) is 6.07 Å². The number of rotatable bonds is 4. The summed E-state index contributed by atoms with van der Waals surface area (Å²) in [6.07, 6.45) is 0.644. The molecule has 1 atom stereocenters. The van der Waals surface area contributed by atoms with Crippen molar-refractivity contribution in [1.82, 2.24) is 10.2 Å². The summed E-state index contributed by atoms with van der Waals surface area (Å²) in [5.41, 5.74) is 7.97. The second-order valence-electron chi connectivity index (χ2n) is 4.72. The van der Waals surface area contributed by atoms with Crippen LogP contribution in [0.2, 0.25) is 5.02 Å². The first kappa shape index (κ1) is 13.8. The Hall–Kier alpha value is -2.17. The lowest BCUT2D eigenvalue weighted by molar-refractivity contribution is 0.457. The van der Waals surface area contributed by atoms with E-state index in [0.29, 0.717) is 28.8 Å².